The summed E-state index contributed by atoms with van der Waals surface area (Å²) in [6.07, 6.45) is 4.14. The molecule has 7 heteroatoms. The monoisotopic (exact) mass is 421 g/mol. The Morgan fingerprint density at radius 3 is 2.63 bits per heavy atom. The molecule has 2 aliphatic rings. The summed E-state index contributed by atoms with van der Waals surface area (Å²) in [4.78, 5) is 34.9. The summed E-state index contributed by atoms with van der Waals surface area (Å²) in [6, 6.07) is 11.8. The van der Waals surface area contributed by atoms with Gasteiger partial charge in [-0.1, -0.05) is 18.2 Å². The summed E-state index contributed by atoms with van der Waals surface area (Å²) in [6.45, 7) is 3.74. The number of aromatic nitrogens is 1. The number of thiophene rings is 1. The number of carbonyl (C=O) groups excluding carboxylic acids is 2. The van der Waals surface area contributed by atoms with Crippen molar-refractivity contribution >= 4 is 33.2 Å². The second-order valence-electron chi connectivity index (χ2n) is 7.72. The average Bonchev–Trinajstić information content (AvgIpc) is 3.44. The molecule has 1 atom stereocenters. The van der Waals surface area contributed by atoms with Crippen LogP contribution in [-0.2, 0) is 4.74 Å². The molecule has 30 heavy (non-hydrogen) atoms. The van der Waals surface area contributed by atoms with Crippen LogP contribution in [0.5, 0.6) is 0 Å². The van der Waals surface area contributed by atoms with E-state index in [0.717, 1.165) is 26.9 Å². The number of hydrogen-bond acceptors (Lipinski definition) is 5. The Morgan fingerprint density at radius 2 is 1.83 bits per heavy atom. The molecule has 0 aliphatic carbocycles. The molecular formula is C23H23N3O3S. The normalized spacial score (nSPS) is 19.4. The van der Waals surface area contributed by atoms with Crippen LogP contribution in [0.3, 0.4) is 0 Å². The van der Waals surface area contributed by atoms with E-state index < -0.39 is 0 Å². The third-order valence-corrected chi connectivity index (χ3v) is 7.09. The first-order valence-electron chi connectivity index (χ1n) is 10.3. The minimum atomic E-state index is 0.00573. The number of morpholine rings is 1. The summed E-state index contributed by atoms with van der Waals surface area (Å²) < 4.78 is 6.54. The number of fused-ring (bicyclic) bond motifs is 1. The molecule has 2 fully saturated rings. The number of likely N-dealkylation sites (tertiary alicyclic amines) is 1. The molecule has 1 unspecified atom stereocenters. The van der Waals surface area contributed by atoms with Crippen molar-refractivity contribution in [2.75, 3.05) is 39.4 Å². The van der Waals surface area contributed by atoms with Crippen LogP contribution in [-0.4, -0.2) is 66.0 Å². The summed E-state index contributed by atoms with van der Waals surface area (Å²) in [5.41, 5.74) is 1.71. The molecule has 0 spiro atoms. The van der Waals surface area contributed by atoms with E-state index in [1.807, 2.05) is 21.9 Å². The molecule has 2 aliphatic heterocycles. The lowest BCUT2D eigenvalue weighted by atomic mass is 9.94. The van der Waals surface area contributed by atoms with E-state index in [1.54, 1.807) is 35.9 Å². The number of carbonyl (C=O) groups is 2. The van der Waals surface area contributed by atoms with Crippen molar-refractivity contribution in [2.24, 2.45) is 0 Å². The fraction of sp³-hybridized carbons (Fsp3) is 0.348. The zero-order chi connectivity index (χ0) is 20.5. The molecule has 2 amide bonds. The van der Waals surface area contributed by atoms with E-state index in [0.29, 0.717) is 45.0 Å². The number of ether oxygens (including phenoxy) is 1. The quantitative estimate of drug-likeness (QED) is 0.650. The first-order valence-corrected chi connectivity index (χ1v) is 11.1. The molecule has 154 valence electrons. The molecule has 0 radical (unpaired) electrons. The molecule has 2 aromatic heterocycles. The number of benzene rings is 1. The van der Waals surface area contributed by atoms with Crippen LogP contribution >= 0.6 is 11.3 Å². The molecule has 0 N–H and O–H groups in total. The van der Waals surface area contributed by atoms with Gasteiger partial charge in [0.1, 0.15) is 0 Å². The summed E-state index contributed by atoms with van der Waals surface area (Å²) >= 11 is 1.57. The van der Waals surface area contributed by atoms with E-state index in [9.17, 15) is 9.59 Å². The molecule has 3 aromatic rings. The van der Waals surface area contributed by atoms with Gasteiger partial charge < -0.3 is 14.5 Å². The third-order valence-electron chi connectivity index (χ3n) is 5.92. The van der Waals surface area contributed by atoms with Gasteiger partial charge in [0.05, 0.1) is 23.7 Å². The van der Waals surface area contributed by atoms with Crippen LogP contribution in [0.15, 0.2) is 48.8 Å². The number of pyridine rings is 1. The standard InChI is InChI=1S/C23H23N3O3S/c27-22(16-4-3-8-24-14-16)26-9-7-17(15-26)20-18-5-1-2-6-19(18)30-21(20)23(28)25-10-12-29-13-11-25/h1-6,8,14,17H,7,9-13,15H2. The van der Waals surface area contributed by atoms with Gasteiger partial charge in [-0.2, -0.15) is 0 Å². The Bertz CT molecular complexity index is 1080. The van der Waals surface area contributed by atoms with E-state index in [1.165, 1.54) is 0 Å². The lowest BCUT2D eigenvalue weighted by molar-refractivity contribution is 0.0305. The van der Waals surface area contributed by atoms with Crippen molar-refractivity contribution in [3.63, 3.8) is 0 Å². The van der Waals surface area contributed by atoms with E-state index in [-0.39, 0.29) is 17.7 Å². The zero-order valence-corrected chi connectivity index (χ0v) is 17.4. The topological polar surface area (TPSA) is 62.7 Å². The smallest absolute Gasteiger partial charge is 0.264 e. The molecule has 6 nitrogen and oxygen atoms in total. The SMILES string of the molecule is O=C(c1cccnc1)N1CCC(c2c(C(=O)N3CCOCC3)sc3ccccc23)C1. The van der Waals surface area contributed by atoms with Crippen molar-refractivity contribution in [1.82, 2.24) is 14.8 Å². The minimum absolute atomic E-state index is 0.00573. The van der Waals surface area contributed by atoms with Gasteiger partial charge in [0, 0.05) is 49.2 Å². The Labute approximate surface area is 179 Å². The van der Waals surface area contributed by atoms with E-state index in [2.05, 4.69) is 17.1 Å². The highest BCUT2D eigenvalue weighted by Crippen LogP contribution is 2.41. The molecule has 1 aromatic carbocycles. The van der Waals surface area contributed by atoms with Crippen molar-refractivity contribution in [3.05, 3.63) is 64.8 Å². The number of hydrogen-bond donors (Lipinski definition) is 0. The maximum Gasteiger partial charge on any atom is 0.264 e. The van der Waals surface area contributed by atoms with Crippen molar-refractivity contribution in [1.29, 1.82) is 0 Å². The van der Waals surface area contributed by atoms with Crippen LogP contribution < -0.4 is 0 Å². The van der Waals surface area contributed by atoms with Gasteiger partial charge >= 0.3 is 0 Å². The van der Waals surface area contributed by atoms with Gasteiger partial charge in [-0.15, -0.1) is 11.3 Å². The van der Waals surface area contributed by atoms with Crippen LogP contribution in [0.1, 0.15) is 37.9 Å². The van der Waals surface area contributed by atoms with Crippen molar-refractivity contribution < 1.29 is 14.3 Å². The average molecular weight is 422 g/mol. The van der Waals surface area contributed by atoms with Gasteiger partial charge in [-0.05, 0) is 35.6 Å². The van der Waals surface area contributed by atoms with Crippen LogP contribution in [0.4, 0.5) is 0 Å². The van der Waals surface area contributed by atoms with E-state index in [4.69, 9.17) is 4.74 Å². The lowest BCUT2D eigenvalue weighted by Gasteiger charge is -2.27. The third kappa shape index (κ3) is 3.48. The minimum Gasteiger partial charge on any atom is -0.378 e. The number of nitrogens with zero attached hydrogens (tertiary/aromatic N) is 3. The largest absolute Gasteiger partial charge is 0.378 e. The highest BCUT2D eigenvalue weighted by Gasteiger charge is 2.34. The lowest BCUT2D eigenvalue weighted by Crippen LogP contribution is -2.40. The molecule has 4 heterocycles. The molecule has 5 rings (SSSR count). The Balaban J connectivity index is 1.46. The van der Waals surface area contributed by atoms with Crippen LogP contribution in [0, 0.1) is 0 Å². The molecule has 0 bridgehead atoms. The fourth-order valence-electron chi connectivity index (χ4n) is 4.39. The molecule has 2 saturated heterocycles. The second kappa shape index (κ2) is 8.16. The first-order chi connectivity index (χ1) is 14.7. The van der Waals surface area contributed by atoms with Gasteiger partial charge in [-0.25, -0.2) is 0 Å². The van der Waals surface area contributed by atoms with Crippen LogP contribution in [0.25, 0.3) is 10.1 Å². The van der Waals surface area contributed by atoms with Gasteiger partial charge in [0.25, 0.3) is 11.8 Å². The predicted octanol–water partition coefficient (Wildman–Crippen LogP) is 3.40. The highest BCUT2D eigenvalue weighted by molar-refractivity contribution is 7.21. The first kappa shape index (κ1) is 19.2. The number of rotatable bonds is 3. The van der Waals surface area contributed by atoms with E-state index >= 15 is 0 Å². The van der Waals surface area contributed by atoms with Crippen molar-refractivity contribution in [3.8, 4) is 0 Å². The maximum absolute atomic E-state index is 13.4. The second-order valence-corrected chi connectivity index (χ2v) is 8.78. The Hall–Kier alpha value is -2.77. The summed E-state index contributed by atoms with van der Waals surface area (Å²) in [5.74, 6) is 0.250. The van der Waals surface area contributed by atoms with Crippen molar-refractivity contribution in [2.45, 2.75) is 12.3 Å². The number of amides is 2. The van der Waals surface area contributed by atoms with Gasteiger partial charge in [0.2, 0.25) is 0 Å². The molecule has 0 saturated carbocycles. The maximum atomic E-state index is 13.4. The summed E-state index contributed by atoms with van der Waals surface area (Å²) in [7, 11) is 0. The molecular weight excluding hydrogens is 398 g/mol. The zero-order valence-electron chi connectivity index (χ0n) is 16.6. The fourth-order valence-corrected chi connectivity index (χ4v) is 5.65. The summed E-state index contributed by atoms with van der Waals surface area (Å²) in [5, 5.41) is 1.14. The predicted molar refractivity (Wildman–Crippen MR) is 116 cm³/mol. The highest BCUT2D eigenvalue weighted by atomic mass is 32.1. The Morgan fingerprint density at radius 1 is 1.00 bits per heavy atom. The van der Waals surface area contributed by atoms with Gasteiger partial charge in [0.15, 0.2) is 0 Å². The van der Waals surface area contributed by atoms with Gasteiger partial charge in [-0.3, -0.25) is 14.6 Å². The Kier molecular flexibility index (Phi) is 5.23. The van der Waals surface area contributed by atoms with Crippen LogP contribution in [0.2, 0.25) is 0 Å².